The lowest BCUT2D eigenvalue weighted by molar-refractivity contribution is 0.319. The van der Waals surface area contributed by atoms with Gasteiger partial charge >= 0.3 is 0 Å². The van der Waals surface area contributed by atoms with Crippen molar-refractivity contribution in [2.45, 2.75) is 65.7 Å². The van der Waals surface area contributed by atoms with Gasteiger partial charge in [-0.3, -0.25) is 0 Å². The van der Waals surface area contributed by atoms with Crippen molar-refractivity contribution in [3.05, 3.63) is 33.6 Å². The first-order valence-electron chi connectivity index (χ1n) is 9.04. The largest absolute Gasteiger partial charge is 0.493 e. The summed E-state index contributed by atoms with van der Waals surface area (Å²) in [7, 11) is 0. The minimum Gasteiger partial charge on any atom is -0.493 e. The number of hydrogen-bond donors (Lipinski definition) is 1. The Kier molecular flexibility index (Phi) is 5.95. The van der Waals surface area contributed by atoms with Crippen molar-refractivity contribution in [3.8, 4) is 17.0 Å². The number of benzene rings is 1. The summed E-state index contributed by atoms with van der Waals surface area (Å²) >= 11 is 1.69. The number of nitrogens with two attached hydrogens (primary N) is 1. The second-order valence-electron chi connectivity index (χ2n) is 8.50. The predicted molar refractivity (Wildman–Crippen MR) is 109 cm³/mol. The van der Waals surface area contributed by atoms with E-state index in [0.29, 0.717) is 13.2 Å². The van der Waals surface area contributed by atoms with Gasteiger partial charge in [-0.15, -0.1) is 11.3 Å². The number of rotatable bonds is 5. The third-order valence-corrected chi connectivity index (χ3v) is 5.11. The van der Waals surface area contributed by atoms with Crippen LogP contribution in [0.15, 0.2) is 17.5 Å². The SMILES string of the molecule is CCOc1c(C(C)(C)C)cc(-c2csc(CCN)n2)cc1C(C)(C)C. The van der Waals surface area contributed by atoms with Crippen LogP contribution in [0.2, 0.25) is 0 Å². The van der Waals surface area contributed by atoms with E-state index in [4.69, 9.17) is 15.5 Å². The summed E-state index contributed by atoms with van der Waals surface area (Å²) in [5.74, 6) is 1.03. The molecule has 2 N–H and O–H groups in total. The fourth-order valence-corrected chi connectivity index (χ4v) is 3.70. The summed E-state index contributed by atoms with van der Waals surface area (Å²) in [5.41, 5.74) is 10.3. The topological polar surface area (TPSA) is 48.1 Å². The molecule has 1 heterocycles. The van der Waals surface area contributed by atoms with Crippen molar-refractivity contribution >= 4 is 11.3 Å². The van der Waals surface area contributed by atoms with E-state index < -0.39 is 0 Å². The van der Waals surface area contributed by atoms with Crippen LogP contribution in [0.4, 0.5) is 0 Å². The van der Waals surface area contributed by atoms with E-state index in [1.165, 1.54) is 11.1 Å². The molecule has 0 amide bonds. The van der Waals surface area contributed by atoms with E-state index in [9.17, 15) is 0 Å². The Labute approximate surface area is 156 Å². The van der Waals surface area contributed by atoms with Gasteiger partial charge in [0, 0.05) is 28.5 Å². The van der Waals surface area contributed by atoms with Gasteiger partial charge in [0.25, 0.3) is 0 Å². The normalized spacial score (nSPS) is 12.5. The molecule has 1 aromatic carbocycles. The molecule has 0 saturated carbocycles. The Morgan fingerprint density at radius 3 is 2.04 bits per heavy atom. The maximum absolute atomic E-state index is 6.12. The van der Waals surface area contributed by atoms with Crippen molar-refractivity contribution in [1.82, 2.24) is 4.98 Å². The van der Waals surface area contributed by atoms with Crippen molar-refractivity contribution in [2.24, 2.45) is 5.73 Å². The van der Waals surface area contributed by atoms with Gasteiger partial charge in [0.1, 0.15) is 5.75 Å². The summed E-state index contributed by atoms with van der Waals surface area (Å²) in [6, 6.07) is 4.50. The highest BCUT2D eigenvalue weighted by Gasteiger charge is 2.28. The second kappa shape index (κ2) is 7.46. The van der Waals surface area contributed by atoms with Gasteiger partial charge in [0.05, 0.1) is 17.3 Å². The van der Waals surface area contributed by atoms with E-state index in [1.54, 1.807) is 11.3 Å². The number of thiazole rings is 1. The van der Waals surface area contributed by atoms with Crippen LogP contribution in [0.5, 0.6) is 5.75 Å². The highest BCUT2D eigenvalue weighted by atomic mass is 32.1. The average molecular weight is 361 g/mol. The van der Waals surface area contributed by atoms with Crippen LogP contribution in [0, 0.1) is 0 Å². The Morgan fingerprint density at radius 2 is 1.60 bits per heavy atom. The smallest absolute Gasteiger partial charge is 0.126 e. The third kappa shape index (κ3) is 4.62. The third-order valence-electron chi connectivity index (χ3n) is 4.20. The van der Waals surface area contributed by atoms with Crippen LogP contribution >= 0.6 is 11.3 Å². The van der Waals surface area contributed by atoms with Crippen molar-refractivity contribution in [1.29, 1.82) is 0 Å². The van der Waals surface area contributed by atoms with Crippen LogP contribution < -0.4 is 10.5 Å². The Balaban J connectivity index is 2.69. The molecule has 0 atom stereocenters. The number of nitrogens with zero attached hydrogens (tertiary/aromatic N) is 1. The molecular formula is C21H32N2OS. The lowest BCUT2D eigenvalue weighted by Gasteiger charge is -2.30. The molecule has 1 aromatic heterocycles. The fourth-order valence-electron chi connectivity index (χ4n) is 2.87. The average Bonchev–Trinajstić information content (AvgIpc) is 2.94. The molecule has 0 saturated heterocycles. The highest BCUT2D eigenvalue weighted by molar-refractivity contribution is 7.09. The molecule has 3 nitrogen and oxygen atoms in total. The molecule has 138 valence electrons. The molecule has 0 unspecified atom stereocenters. The molecule has 2 rings (SSSR count). The first kappa shape index (κ1) is 19.9. The molecule has 0 aliphatic rings. The van der Waals surface area contributed by atoms with Gasteiger partial charge < -0.3 is 10.5 Å². The molecule has 25 heavy (non-hydrogen) atoms. The molecular weight excluding hydrogens is 328 g/mol. The zero-order valence-corrected chi connectivity index (χ0v) is 17.5. The second-order valence-corrected chi connectivity index (χ2v) is 9.44. The summed E-state index contributed by atoms with van der Waals surface area (Å²) in [4.78, 5) is 4.79. The molecule has 0 spiro atoms. The van der Waals surface area contributed by atoms with Gasteiger partial charge in [0.2, 0.25) is 0 Å². The summed E-state index contributed by atoms with van der Waals surface area (Å²) < 4.78 is 6.12. The van der Waals surface area contributed by atoms with Gasteiger partial charge in [-0.2, -0.15) is 0 Å². The van der Waals surface area contributed by atoms with Gasteiger partial charge in [-0.05, 0) is 36.4 Å². The molecule has 0 radical (unpaired) electrons. The van der Waals surface area contributed by atoms with Crippen LogP contribution in [-0.4, -0.2) is 18.1 Å². The maximum atomic E-state index is 6.12. The monoisotopic (exact) mass is 360 g/mol. The van der Waals surface area contributed by atoms with Gasteiger partial charge in [-0.25, -0.2) is 4.98 Å². The Morgan fingerprint density at radius 1 is 1.04 bits per heavy atom. The van der Waals surface area contributed by atoms with E-state index in [-0.39, 0.29) is 10.8 Å². The minimum absolute atomic E-state index is 0.00335. The zero-order chi connectivity index (χ0) is 18.8. The number of aromatic nitrogens is 1. The fraction of sp³-hybridized carbons (Fsp3) is 0.571. The van der Waals surface area contributed by atoms with E-state index >= 15 is 0 Å². The van der Waals surface area contributed by atoms with Crippen LogP contribution in [0.1, 0.15) is 64.6 Å². The molecule has 0 fully saturated rings. The van der Waals surface area contributed by atoms with Crippen molar-refractivity contribution < 1.29 is 4.74 Å². The molecule has 2 aromatic rings. The number of ether oxygens (including phenoxy) is 1. The maximum Gasteiger partial charge on any atom is 0.126 e. The minimum atomic E-state index is -0.00335. The zero-order valence-electron chi connectivity index (χ0n) is 16.7. The van der Waals surface area contributed by atoms with E-state index in [1.807, 2.05) is 6.92 Å². The quantitative estimate of drug-likeness (QED) is 0.786. The first-order valence-corrected chi connectivity index (χ1v) is 9.92. The van der Waals surface area contributed by atoms with E-state index in [0.717, 1.165) is 28.4 Å². The Bertz CT molecular complexity index is 685. The predicted octanol–water partition coefficient (Wildman–Crippen LogP) is 5.31. The van der Waals surface area contributed by atoms with Crippen molar-refractivity contribution in [2.75, 3.05) is 13.2 Å². The standard InChI is InChI=1S/C21H32N2OS/c1-8-24-19-15(20(2,3)4)11-14(12-16(19)21(5,6)7)17-13-25-18(23-17)9-10-22/h11-13H,8-10,22H2,1-7H3. The Hall–Kier alpha value is -1.39. The van der Waals surface area contributed by atoms with Crippen molar-refractivity contribution in [3.63, 3.8) is 0 Å². The molecule has 4 heteroatoms. The molecule has 0 bridgehead atoms. The lowest BCUT2D eigenvalue weighted by Crippen LogP contribution is -2.20. The van der Waals surface area contributed by atoms with E-state index in [2.05, 4.69) is 59.1 Å². The van der Waals surface area contributed by atoms with Crippen LogP contribution in [-0.2, 0) is 17.3 Å². The molecule has 0 aliphatic heterocycles. The summed E-state index contributed by atoms with van der Waals surface area (Å²) in [6.07, 6.45) is 0.833. The lowest BCUT2D eigenvalue weighted by atomic mass is 9.78. The van der Waals surface area contributed by atoms with Crippen LogP contribution in [0.25, 0.3) is 11.3 Å². The molecule has 0 aliphatic carbocycles. The van der Waals surface area contributed by atoms with Gasteiger partial charge in [-0.1, -0.05) is 41.5 Å². The number of hydrogen-bond acceptors (Lipinski definition) is 4. The highest BCUT2D eigenvalue weighted by Crippen LogP contribution is 2.42. The van der Waals surface area contributed by atoms with Gasteiger partial charge in [0.15, 0.2) is 0 Å². The van der Waals surface area contributed by atoms with Crippen LogP contribution in [0.3, 0.4) is 0 Å². The first-order chi connectivity index (χ1) is 11.6. The summed E-state index contributed by atoms with van der Waals surface area (Å²) in [5, 5.41) is 3.24. The summed E-state index contributed by atoms with van der Waals surface area (Å²) in [6.45, 7) is 16.8.